The maximum Gasteiger partial charge on any atom is 0.0245 e. The van der Waals surface area contributed by atoms with Crippen molar-refractivity contribution in [3.63, 3.8) is 0 Å². The molecule has 0 nitrogen and oxygen atoms in total. The van der Waals surface area contributed by atoms with Crippen LogP contribution in [0.5, 0.6) is 0 Å². The lowest BCUT2D eigenvalue weighted by molar-refractivity contribution is 0.294. The number of unbranched alkanes of at least 4 members (excludes halogenated alkanes) is 4. The summed E-state index contributed by atoms with van der Waals surface area (Å²) in [6.45, 7) is 4.53. The molecule has 2 aromatic carbocycles. The van der Waals surface area contributed by atoms with Crippen molar-refractivity contribution in [1.82, 2.24) is 0 Å². The second-order valence-corrected chi connectivity index (χ2v) is 9.21. The van der Waals surface area contributed by atoms with Crippen LogP contribution in [0.1, 0.15) is 95.6 Å². The molecule has 1 saturated carbocycles. The Morgan fingerprint density at radius 2 is 1.33 bits per heavy atom. The average Bonchev–Trinajstić information content (AvgIpc) is 2.79. The summed E-state index contributed by atoms with van der Waals surface area (Å²) in [6.07, 6.45) is 16.3. The summed E-state index contributed by atoms with van der Waals surface area (Å²) >= 11 is 0. The van der Waals surface area contributed by atoms with E-state index < -0.39 is 0 Å². The highest BCUT2D eigenvalue weighted by molar-refractivity contribution is 5.64. The maximum atomic E-state index is 3.57. The highest BCUT2D eigenvalue weighted by Crippen LogP contribution is 2.32. The van der Waals surface area contributed by atoms with Crippen LogP contribution in [0.15, 0.2) is 48.5 Å². The van der Waals surface area contributed by atoms with E-state index >= 15 is 0 Å². The van der Waals surface area contributed by atoms with E-state index in [1.54, 1.807) is 0 Å². The van der Waals surface area contributed by atoms with Crippen LogP contribution < -0.4 is 0 Å². The molecule has 1 fully saturated rings. The van der Waals surface area contributed by atoms with Crippen molar-refractivity contribution >= 4 is 0 Å². The molecule has 0 saturated heterocycles. The summed E-state index contributed by atoms with van der Waals surface area (Å²) in [5.41, 5.74) is 5.15. The number of hydrogen-bond acceptors (Lipinski definition) is 0. The lowest BCUT2D eigenvalue weighted by Gasteiger charge is -2.25. The van der Waals surface area contributed by atoms with E-state index in [0.29, 0.717) is 5.92 Å². The minimum absolute atomic E-state index is 0.604. The topological polar surface area (TPSA) is 0 Å². The number of hydrogen-bond donors (Lipinski definition) is 0. The van der Waals surface area contributed by atoms with Gasteiger partial charge in [0.15, 0.2) is 0 Å². The van der Waals surface area contributed by atoms with Crippen molar-refractivity contribution in [2.24, 2.45) is 11.8 Å². The predicted octanol–water partition coefficient (Wildman–Crippen LogP) is 8.82. The molecule has 0 unspecified atom stereocenters. The molecule has 2 aromatic rings. The maximum absolute atomic E-state index is 3.57. The zero-order valence-electron chi connectivity index (χ0n) is 19.3. The fourth-order valence-corrected chi connectivity index (χ4v) is 4.72. The molecular formula is C30H40. The molecule has 1 aliphatic rings. The third-order valence-electron chi connectivity index (χ3n) is 6.69. The van der Waals surface area contributed by atoms with E-state index in [0.717, 1.165) is 17.9 Å². The molecule has 0 aromatic heterocycles. The van der Waals surface area contributed by atoms with Crippen LogP contribution in [0.25, 0.3) is 11.1 Å². The molecule has 0 spiro atoms. The molecule has 0 aliphatic heterocycles. The van der Waals surface area contributed by atoms with Crippen LogP contribution in [-0.2, 0) is 6.42 Å². The standard InChI is InChI=1S/C30H40/c1-3-5-6-7-8-10-26-11-13-27(14-12-26)15-16-28-19-23-30(24-20-28)29-21-17-25(9-4-2)18-22-29/h17-24,26-27H,3-14H2,1-2H3. The van der Waals surface area contributed by atoms with Crippen molar-refractivity contribution in [1.29, 1.82) is 0 Å². The Balaban J connectivity index is 1.44. The monoisotopic (exact) mass is 400 g/mol. The van der Waals surface area contributed by atoms with Crippen LogP contribution in [0, 0.1) is 23.7 Å². The van der Waals surface area contributed by atoms with E-state index in [9.17, 15) is 0 Å². The van der Waals surface area contributed by atoms with Gasteiger partial charge in [-0.05, 0) is 66.8 Å². The largest absolute Gasteiger partial charge is 0.0945 e. The van der Waals surface area contributed by atoms with Gasteiger partial charge in [-0.2, -0.15) is 0 Å². The first-order valence-electron chi connectivity index (χ1n) is 12.5. The van der Waals surface area contributed by atoms with Crippen molar-refractivity contribution in [2.75, 3.05) is 0 Å². The highest BCUT2D eigenvalue weighted by atomic mass is 14.2. The van der Waals surface area contributed by atoms with Crippen molar-refractivity contribution < 1.29 is 0 Å². The summed E-state index contributed by atoms with van der Waals surface area (Å²) in [6, 6.07) is 17.8. The molecule has 0 atom stereocenters. The Morgan fingerprint density at radius 3 is 1.97 bits per heavy atom. The Bertz CT molecular complexity index is 777. The van der Waals surface area contributed by atoms with Crippen LogP contribution in [0.4, 0.5) is 0 Å². The van der Waals surface area contributed by atoms with Gasteiger partial charge in [-0.3, -0.25) is 0 Å². The molecule has 30 heavy (non-hydrogen) atoms. The van der Waals surface area contributed by atoms with Crippen molar-refractivity contribution in [2.45, 2.75) is 90.9 Å². The fourth-order valence-electron chi connectivity index (χ4n) is 4.72. The summed E-state index contributed by atoms with van der Waals surface area (Å²) in [5.74, 6) is 8.59. The molecule has 0 heteroatoms. The van der Waals surface area contributed by atoms with E-state index in [1.165, 1.54) is 87.3 Å². The third-order valence-corrected chi connectivity index (χ3v) is 6.69. The Hall–Kier alpha value is -2.00. The minimum atomic E-state index is 0.604. The second kappa shape index (κ2) is 12.6. The number of rotatable bonds is 9. The molecule has 160 valence electrons. The van der Waals surface area contributed by atoms with Gasteiger partial charge >= 0.3 is 0 Å². The van der Waals surface area contributed by atoms with Gasteiger partial charge in [0.05, 0.1) is 0 Å². The van der Waals surface area contributed by atoms with Crippen LogP contribution in [-0.4, -0.2) is 0 Å². The van der Waals surface area contributed by atoms with Gasteiger partial charge in [0, 0.05) is 11.5 Å². The highest BCUT2D eigenvalue weighted by Gasteiger charge is 2.19. The molecular weight excluding hydrogens is 360 g/mol. The summed E-state index contributed by atoms with van der Waals surface area (Å²) < 4.78 is 0. The quantitative estimate of drug-likeness (QED) is 0.291. The van der Waals surface area contributed by atoms with Crippen molar-refractivity contribution in [3.8, 4) is 23.0 Å². The van der Waals surface area contributed by atoms with Gasteiger partial charge in [-0.15, -0.1) is 0 Å². The summed E-state index contributed by atoms with van der Waals surface area (Å²) in [7, 11) is 0. The average molecular weight is 401 g/mol. The van der Waals surface area contributed by atoms with E-state index in [4.69, 9.17) is 0 Å². The lowest BCUT2D eigenvalue weighted by atomic mass is 9.80. The Kier molecular flexibility index (Phi) is 9.56. The van der Waals surface area contributed by atoms with Crippen LogP contribution in [0.3, 0.4) is 0 Å². The molecule has 0 radical (unpaired) electrons. The zero-order chi connectivity index (χ0) is 21.0. The molecule has 3 rings (SSSR count). The van der Waals surface area contributed by atoms with Gasteiger partial charge in [0.25, 0.3) is 0 Å². The van der Waals surface area contributed by atoms with Crippen LogP contribution in [0.2, 0.25) is 0 Å². The Morgan fingerprint density at radius 1 is 0.700 bits per heavy atom. The van der Waals surface area contributed by atoms with Crippen LogP contribution >= 0.6 is 0 Å². The fraction of sp³-hybridized carbons (Fsp3) is 0.533. The molecule has 0 N–H and O–H groups in total. The second-order valence-electron chi connectivity index (χ2n) is 9.21. The SMILES string of the molecule is CCCCCCCC1CCC(C#Cc2ccc(-c3ccc(CCC)cc3)cc2)CC1. The normalized spacial score (nSPS) is 18.6. The predicted molar refractivity (Wildman–Crippen MR) is 132 cm³/mol. The molecule has 0 bridgehead atoms. The van der Waals surface area contributed by atoms with Gasteiger partial charge in [0.1, 0.15) is 0 Å². The van der Waals surface area contributed by atoms with Gasteiger partial charge in [-0.25, -0.2) is 0 Å². The van der Waals surface area contributed by atoms with Gasteiger partial charge < -0.3 is 0 Å². The number of aryl methyl sites for hydroxylation is 1. The smallest absolute Gasteiger partial charge is 0.0245 e. The summed E-state index contributed by atoms with van der Waals surface area (Å²) in [5, 5.41) is 0. The third kappa shape index (κ3) is 7.36. The molecule has 1 aliphatic carbocycles. The minimum Gasteiger partial charge on any atom is -0.0945 e. The van der Waals surface area contributed by atoms with E-state index in [2.05, 4.69) is 74.2 Å². The van der Waals surface area contributed by atoms with E-state index in [-0.39, 0.29) is 0 Å². The van der Waals surface area contributed by atoms with Gasteiger partial charge in [0.2, 0.25) is 0 Å². The molecule has 0 heterocycles. The Labute approximate surface area is 185 Å². The van der Waals surface area contributed by atoms with Gasteiger partial charge in [-0.1, -0.05) is 107 Å². The first kappa shape index (κ1) is 22.7. The first-order chi connectivity index (χ1) is 14.8. The lowest BCUT2D eigenvalue weighted by Crippen LogP contribution is -2.13. The first-order valence-corrected chi connectivity index (χ1v) is 12.5. The summed E-state index contributed by atoms with van der Waals surface area (Å²) in [4.78, 5) is 0. The zero-order valence-corrected chi connectivity index (χ0v) is 19.3. The van der Waals surface area contributed by atoms with E-state index in [1.807, 2.05) is 0 Å². The molecule has 0 amide bonds. The van der Waals surface area contributed by atoms with Crippen molar-refractivity contribution in [3.05, 3.63) is 59.7 Å². The number of benzene rings is 2.